The van der Waals surface area contributed by atoms with Gasteiger partial charge >= 0.3 is 0 Å². The van der Waals surface area contributed by atoms with Crippen LogP contribution in [-0.2, 0) is 9.59 Å². The number of aromatic amines is 1. The lowest BCUT2D eigenvalue weighted by atomic mass is 9.84. The smallest absolute Gasteiger partial charge is 0.250 e. The van der Waals surface area contributed by atoms with Gasteiger partial charge in [0.25, 0.3) is 5.91 Å². The number of fused-ring (bicyclic) bond motifs is 1. The molecule has 3 aromatic rings. The minimum atomic E-state index is -2.89. The number of H-pyrrole nitrogens is 1. The minimum absolute atomic E-state index is 0.0950. The lowest BCUT2D eigenvalue weighted by Crippen LogP contribution is -2.34. The Balaban J connectivity index is 1.71. The van der Waals surface area contributed by atoms with Crippen LogP contribution in [0, 0.1) is 12.8 Å². The fraction of sp³-hybridized carbons (Fsp3) is 0.357. The van der Waals surface area contributed by atoms with Gasteiger partial charge in [0.2, 0.25) is 5.91 Å². The molecule has 0 radical (unpaired) electrons. The highest BCUT2D eigenvalue weighted by Crippen LogP contribution is 2.42. The van der Waals surface area contributed by atoms with E-state index in [4.69, 9.17) is 14.0 Å². The highest BCUT2D eigenvalue weighted by atomic mass is 16.2. The van der Waals surface area contributed by atoms with Crippen molar-refractivity contribution in [2.24, 2.45) is 5.92 Å². The normalized spacial score (nSPS) is 20.5. The highest BCUT2D eigenvalue weighted by molar-refractivity contribution is 6.05. The third-order valence-corrected chi connectivity index (χ3v) is 6.81. The summed E-state index contributed by atoms with van der Waals surface area (Å²) in [6.45, 7) is 3.63. The Labute approximate surface area is 219 Å². The van der Waals surface area contributed by atoms with Crippen LogP contribution in [0.4, 0.5) is 11.5 Å². The van der Waals surface area contributed by atoms with E-state index < -0.39 is 36.4 Å². The summed E-state index contributed by atoms with van der Waals surface area (Å²) >= 11 is 0. The van der Waals surface area contributed by atoms with E-state index in [1.54, 1.807) is 0 Å². The molecule has 8 nitrogen and oxygen atoms in total. The van der Waals surface area contributed by atoms with Gasteiger partial charge in [0.1, 0.15) is 17.8 Å². The lowest BCUT2D eigenvalue weighted by molar-refractivity contribution is -0.134. The number of hydrogen-bond acceptors (Lipinski definition) is 5. The summed E-state index contributed by atoms with van der Waals surface area (Å²) < 4.78 is 51.2. The largest absolute Gasteiger partial charge is 0.383 e. The van der Waals surface area contributed by atoms with Gasteiger partial charge in [-0.1, -0.05) is 18.7 Å². The molecule has 186 valence electrons. The number of carbonyl (C=O) groups excluding carboxylic acids is 2. The van der Waals surface area contributed by atoms with Crippen LogP contribution in [-0.4, -0.2) is 44.8 Å². The molecule has 8 heteroatoms. The van der Waals surface area contributed by atoms with Crippen LogP contribution in [0.25, 0.3) is 27.9 Å². The molecule has 0 bridgehead atoms. The monoisotopic (exact) mass is 490 g/mol. The summed E-state index contributed by atoms with van der Waals surface area (Å²) in [6, 6.07) is -1.61. The number of amides is 2. The number of nitrogen functional groups attached to an aromatic ring is 1. The number of aromatic nitrogens is 3. The van der Waals surface area contributed by atoms with Gasteiger partial charge in [0, 0.05) is 45.5 Å². The van der Waals surface area contributed by atoms with Crippen molar-refractivity contribution in [2.45, 2.75) is 45.9 Å². The second-order valence-corrected chi connectivity index (χ2v) is 9.33. The predicted molar refractivity (Wildman–Crippen MR) is 143 cm³/mol. The summed E-state index contributed by atoms with van der Waals surface area (Å²) in [6.07, 6.45) is 6.72. The Morgan fingerprint density at radius 2 is 2.11 bits per heavy atom. The van der Waals surface area contributed by atoms with Crippen LogP contribution in [0.2, 0.25) is 0 Å². The number of carbonyl (C=O) groups is 2. The number of nitrogens with one attached hydrogen (secondary N) is 2. The summed E-state index contributed by atoms with van der Waals surface area (Å²) in [7, 11) is 0. The Morgan fingerprint density at radius 1 is 1.31 bits per heavy atom. The second-order valence-electron chi connectivity index (χ2n) is 9.33. The number of nitrogens with two attached hydrogens (primary N) is 1. The van der Waals surface area contributed by atoms with Gasteiger partial charge in [-0.15, -0.1) is 0 Å². The molecule has 1 atom stereocenters. The number of likely N-dealkylation sites (tertiary alicyclic amines) is 1. The number of nitrogens with zero attached hydrogens (tertiary/aromatic N) is 3. The summed E-state index contributed by atoms with van der Waals surface area (Å²) in [4.78, 5) is 38.8. The fourth-order valence-corrected chi connectivity index (χ4v) is 4.91. The van der Waals surface area contributed by atoms with E-state index in [0.29, 0.717) is 35.9 Å². The Bertz CT molecular complexity index is 1650. The van der Waals surface area contributed by atoms with E-state index in [2.05, 4.69) is 26.8 Å². The van der Waals surface area contributed by atoms with Crippen LogP contribution >= 0.6 is 0 Å². The molecule has 2 aromatic heterocycles. The van der Waals surface area contributed by atoms with Crippen LogP contribution in [0.5, 0.6) is 0 Å². The SMILES string of the molecule is [2H]c1c([2H])c(-c2[nH]c3ncnc(N)c3c2C2=CC[C@H](C(=O)N3CCCC3)CC2)c(C([2H])([2H])[2H])c([2H])c1NC(=O)C(=C)C. The first kappa shape index (κ1) is 17.5. The van der Waals surface area contributed by atoms with Gasteiger partial charge in [-0.2, -0.15) is 0 Å². The van der Waals surface area contributed by atoms with Gasteiger partial charge in [-0.25, -0.2) is 9.97 Å². The lowest BCUT2D eigenvalue weighted by Gasteiger charge is -2.26. The Hall–Kier alpha value is -3.94. The topological polar surface area (TPSA) is 117 Å². The van der Waals surface area contributed by atoms with Crippen molar-refractivity contribution >= 4 is 39.9 Å². The number of rotatable bonds is 5. The maximum atomic E-state index is 13.1. The van der Waals surface area contributed by atoms with E-state index in [1.165, 1.54) is 13.3 Å². The molecule has 0 spiro atoms. The van der Waals surface area contributed by atoms with Crippen molar-refractivity contribution in [3.63, 3.8) is 0 Å². The van der Waals surface area contributed by atoms with Gasteiger partial charge in [0.15, 0.2) is 0 Å². The average molecular weight is 491 g/mol. The standard InChI is InChI=1S/C28H32N6O2/c1-16(2)27(35)32-20-10-11-21(17(3)14-20)24-22(23-25(29)30-15-31-26(23)33-24)18-6-8-19(9-7-18)28(36)34-12-4-5-13-34/h6,10-11,14-15,19H,1,4-5,7-9,12-13H2,2-3H3,(H,32,35)(H3,29,30,31,33)/t19-/m0/s1/i3D3,10D,11D,14D. The average Bonchev–Trinajstić information content (AvgIpc) is 3.61. The zero-order valence-corrected chi connectivity index (χ0v) is 20.1. The van der Waals surface area contributed by atoms with Crippen molar-refractivity contribution in [3.8, 4) is 11.3 Å². The van der Waals surface area contributed by atoms with E-state index in [-0.39, 0.29) is 40.2 Å². The first-order valence-electron chi connectivity index (χ1n) is 15.0. The third-order valence-electron chi connectivity index (χ3n) is 6.81. The third kappa shape index (κ3) is 4.39. The molecule has 2 amide bonds. The van der Waals surface area contributed by atoms with Crippen molar-refractivity contribution in [3.05, 3.63) is 53.8 Å². The first-order valence-corrected chi connectivity index (χ1v) is 12.0. The van der Waals surface area contributed by atoms with E-state index >= 15 is 0 Å². The van der Waals surface area contributed by atoms with Crippen molar-refractivity contribution in [1.29, 1.82) is 0 Å². The number of hydrogen-bond donors (Lipinski definition) is 3. The van der Waals surface area contributed by atoms with Crippen molar-refractivity contribution < 1.29 is 17.8 Å². The zero-order chi connectivity index (χ0) is 30.5. The first-order chi connectivity index (χ1) is 19.8. The van der Waals surface area contributed by atoms with Crippen LogP contribution < -0.4 is 11.1 Å². The maximum absolute atomic E-state index is 13.1. The molecule has 1 fully saturated rings. The second kappa shape index (κ2) is 9.60. The quantitative estimate of drug-likeness (QED) is 0.443. The molecular weight excluding hydrogens is 452 g/mol. The zero-order valence-electron chi connectivity index (χ0n) is 26.1. The van der Waals surface area contributed by atoms with Crippen molar-refractivity contribution in [2.75, 3.05) is 24.1 Å². The Kier molecular flexibility index (Phi) is 4.66. The summed E-state index contributed by atoms with van der Waals surface area (Å²) in [5, 5.41) is 2.81. The van der Waals surface area contributed by atoms with E-state index in [9.17, 15) is 9.59 Å². The number of anilines is 2. The molecule has 1 aliphatic heterocycles. The van der Waals surface area contributed by atoms with Gasteiger partial charge in [-0.3, -0.25) is 9.59 Å². The summed E-state index contributed by atoms with van der Waals surface area (Å²) in [5.41, 5.74) is 7.05. The summed E-state index contributed by atoms with van der Waals surface area (Å²) in [5.74, 6) is -0.596. The molecule has 2 aliphatic rings. The molecule has 0 saturated carbocycles. The van der Waals surface area contributed by atoms with Crippen molar-refractivity contribution in [1.82, 2.24) is 19.9 Å². The van der Waals surface area contributed by atoms with Gasteiger partial charge < -0.3 is 20.9 Å². The molecule has 0 unspecified atom stereocenters. The molecule has 1 aromatic carbocycles. The minimum Gasteiger partial charge on any atom is -0.383 e. The van der Waals surface area contributed by atoms with Crippen LogP contribution in [0.1, 0.15) is 58.4 Å². The molecule has 1 saturated heterocycles. The predicted octanol–water partition coefficient (Wildman–Crippen LogP) is 4.84. The molecule has 1 aliphatic carbocycles. The molecule has 3 heterocycles. The van der Waals surface area contributed by atoms with Gasteiger partial charge in [-0.05, 0) is 69.1 Å². The molecular formula is C28H32N6O2. The van der Waals surface area contributed by atoms with Gasteiger partial charge in [0.05, 0.1) is 15.2 Å². The van der Waals surface area contributed by atoms with E-state index in [1.807, 2.05) is 11.0 Å². The maximum Gasteiger partial charge on any atom is 0.250 e. The molecule has 36 heavy (non-hydrogen) atoms. The number of allylic oxidation sites excluding steroid dienone is 2. The highest BCUT2D eigenvalue weighted by Gasteiger charge is 2.30. The van der Waals surface area contributed by atoms with Crippen LogP contribution in [0.3, 0.4) is 0 Å². The Morgan fingerprint density at radius 3 is 2.81 bits per heavy atom. The molecule has 5 rings (SSSR count). The van der Waals surface area contributed by atoms with Crippen LogP contribution in [0.15, 0.2) is 42.7 Å². The fourth-order valence-electron chi connectivity index (χ4n) is 4.91. The van der Waals surface area contributed by atoms with E-state index in [0.717, 1.165) is 31.5 Å². The number of benzene rings is 1. The molecule has 4 N–H and O–H groups in total.